The van der Waals surface area contributed by atoms with Crippen LogP contribution in [0.2, 0.25) is 5.02 Å². The summed E-state index contributed by atoms with van der Waals surface area (Å²) >= 11 is 5.98. The zero-order valence-corrected chi connectivity index (χ0v) is 14.5. The quantitative estimate of drug-likeness (QED) is 0.461. The van der Waals surface area contributed by atoms with Crippen molar-refractivity contribution in [2.24, 2.45) is 0 Å². The van der Waals surface area contributed by atoms with E-state index in [4.69, 9.17) is 17.3 Å². The van der Waals surface area contributed by atoms with Gasteiger partial charge >= 0.3 is 0 Å². The fraction of sp³-hybridized carbons (Fsp3) is 0. The average Bonchev–Trinajstić information content (AvgIpc) is 2.97. The maximum Gasteiger partial charge on any atom is 0.258 e. The van der Waals surface area contributed by atoms with Gasteiger partial charge in [0.05, 0.1) is 11.3 Å². The highest BCUT2D eigenvalue weighted by molar-refractivity contribution is 6.37. The number of carbonyl (C=O) groups excluding carboxylic acids is 1. The van der Waals surface area contributed by atoms with Gasteiger partial charge in [-0.2, -0.15) is 0 Å². The zero-order valence-electron chi connectivity index (χ0n) is 13.8. The molecule has 0 spiro atoms. The number of nitrogens with one attached hydrogen (secondary N) is 2. The second-order valence-corrected chi connectivity index (χ2v) is 6.44. The number of anilines is 3. The molecule has 4 rings (SSSR count). The summed E-state index contributed by atoms with van der Waals surface area (Å²) in [6.45, 7) is 0. The van der Waals surface area contributed by atoms with Crippen LogP contribution in [0.5, 0.6) is 0 Å². The van der Waals surface area contributed by atoms with Crippen LogP contribution in [0.15, 0.2) is 72.8 Å². The summed E-state index contributed by atoms with van der Waals surface area (Å²) in [5, 5.41) is 6.93. The van der Waals surface area contributed by atoms with Crippen LogP contribution in [0.25, 0.3) is 11.3 Å². The highest BCUT2D eigenvalue weighted by atomic mass is 35.5. The third-order valence-corrected chi connectivity index (χ3v) is 4.47. The number of nitrogens with two attached hydrogens (primary N) is 1. The number of hydrogen-bond donors (Lipinski definition) is 3. The van der Waals surface area contributed by atoms with Gasteiger partial charge in [0.1, 0.15) is 0 Å². The Morgan fingerprint density at radius 1 is 0.962 bits per heavy atom. The molecule has 0 bridgehead atoms. The molecule has 3 aromatic rings. The van der Waals surface area contributed by atoms with Crippen LogP contribution in [-0.2, 0) is 4.79 Å². The van der Waals surface area contributed by atoms with E-state index in [-0.39, 0.29) is 5.91 Å². The number of rotatable bonds is 3. The first-order chi connectivity index (χ1) is 12.6. The molecule has 128 valence electrons. The smallest absolute Gasteiger partial charge is 0.258 e. The van der Waals surface area contributed by atoms with Crippen molar-refractivity contribution >= 4 is 45.8 Å². The molecule has 0 radical (unpaired) electrons. The molecule has 0 atom stereocenters. The molecule has 1 amide bonds. The summed E-state index contributed by atoms with van der Waals surface area (Å²) in [6, 6.07) is 22.5. The molecule has 0 saturated carbocycles. The molecule has 5 heteroatoms. The molecule has 1 aliphatic rings. The van der Waals surface area contributed by atoms with Gasteiger partial charge < -0.3 is 16.4 Å². The topological polar surface area (TPSA) is 67.1 Å². The second kappa shape index (κ2) is 6.58. The van der Waals surface area contributed by atoms with Gasteiger partial charge in [-0.05, 0) is 48.0 Å². The van der Waals surface area contributed by atoms with Gasteiger partial charge in [0.25, 0.3) is 5.91 Å². The van der Waals surface area contributed by atoms with Gasteiger partial charge in [0.2, 0.25) is 0 Å². The van der Waals surface area contributed by atoms with Gasteiger partial charge in [-0.15, -0.1) is 0 Å². The van der Waals surface area contributed by atoms with Gasteiger partial charge in [-0.25, -0.2) is 0 Å². The minimum absolute atomic E-state index is 0.161. The average molecular weight is 362 g/mol. The molecule has 0 fully saturated rings. The van der Waals surface area contributed by atoms with E-state index < -0.39 is 0 Å². The number of halogens is 1. The normalized spacial score (nSPS) is 14.6. The van der Waals surface area contributed by atoms with Crippen LogP contribution in [0.3, 0.4) is 0 Å². The minimum Gasteiger partial charge on any atom is -0.399 e. The lowest BCUT2D eigenvalue weighted by Gasteiger charge is -2.15. The minimum atomic E-state index is -0.161. The van der Waals surface area contributed by atoms with Crippen molar-refractivity contribution in [1.29, 1.82) is 0 Å². The largest absolute Gasteiger partial charge is 0.399 e. The SMILES string of the molecule is Nc1ccc2c(c1)/C(=C(/Nc1ccc(Cl)cc1)c1ccccc1)C(=O)N2. The third-order valence-electron chi connectivity index (χ3n) is 4.21. The summed E-state index contributed by atoms with van der Waals surface area (Å²) < 4.78 is 0. The van der Waals surface area contributed by atoms with E-state index in [2.05, 4.69) is 10.6 Å². The highest BCUT2D eigenvalue weighted by Crippen LogP contribution is 2.38. The van der Waals surface area contributed by atoms with Gasteiger partial charge in [0, 0.05) is 27.6 Å². The fourth-order valence-corrected chi connectivity index (χ4v) is 3.12. The molecule has 1 heterocycles. The van der Waals surface area contributed by atoms with Crippen LogP contribution in [0, 0.1) is 0 Å². The first-order valence-electron chi connectivity index (χ1n) is 8.15. The standard InChI is InChI=1S/C21H16ClN3O/c22-14-6-9-16(10-7-14)24-20(13-4-2-1-3-5-13)19-17-12-15(23)8-11-18(17)25-21(19)26/h1-12,24H,23H2,(H,25,26)/b20-19-. The molecule has 4 nitrogen and oxygen atoms in total. The molecule has 0 unspecified atom stereocenters. The van der Waals surface area contributed by atoms with E-state index in [9.17, 15) is 4.79 Å². The first-order valence-corrected chi connectivity index (χ1v) is 8.53. The predicted molar refractivity (Wildman–Crippen MR) is 108 cm³/mol. The Morgan fingerprint density at radius 2 is 1.69 bits per heavy atom. The molecule has 0 aliphatic carbocycles. The molecule has 0 aromatic heterocycles. The second-order valence-electron chi connectivity index (χ2n) is 6.01. The number of carbonyl (C=O) groups is 1. The van der Waals surface area contributed by atoms with Crippen molar-refractivity contribution in [1.82, 2.24) is 0 Å². The summed E-state index contributed by atoms with van der Waals surface area (Å²) in [5.74, 6) is -0.161. The van der Waals surface area contributed by atoms with Crippen LogP contribution >= 0.6 is 11.6 Å². The predicted octanol–water partition coefficient (Wildman–Crippen LogP) is 4.85. The molecule has 1 aliphatic heterocycles. The van der Waals surface area contributed by atoms with E-state index in [1.54, 1.807) is 18.2 Å². The van der Waals surface area contributed by atoms with E-state index >= 15 is 0 Å². The van der Waals surface area contributed by atoms with Crippen molar-refractivity contribution in [3.05, 3.63) is 88.9 Å². The number of nitrogen functional groups attached to an aromatic ring is 1. The number of amides is 1. The Balaban J connectivity index is 1.91. The molecule has 3 aromatic carbocycles. The number of fused-ring (bicyclic) bond motifs is 1. The highest BCUT2D eigenvalue weighted by Gasteiger charge is 2.28. The van der Waals surface area contributed by atoms with E-state index in [1.807, 2.05) is 54.6 Å². The van der Waals surface area contributed by atoms with Crippen molar-refractivity contribution in [2.75, 3.05) is 16.4 Å². The van der Waals surface area contributed by atoms with Crippen LogP contribution < -0.4 is 16.4 Å². The number of hydrogen-bond acceptors (Lipinski definition) is 3. The van der Waals surface area contributed by atoms with Crippen molar-refractivity contribution < 1.29 is 4.79 Å². The molecule has 0 saturated heterocycles. The van der Waals surface area contributed by atoms with E-state index in [1.165, 1.54) is 0 Å². The lowest BCUT2D eigenvalue weighted by Crippen LogP contribution is -2.10. The molecule has 26 heavy (non-hydrogen) atoms. The zero-order chi connectivity index (χ0) is 18.1. The first kappa shape index (κ1) is 16.2. The summed E-state index contributed by atoms with van der Waals surface area (Å²) in [5.41, 5.74) is 11.1. The summed E-state index contributed by atoms with van der Waals surface area (Å²) in [7, 11) is 0. The van der Waals surface area contributed by atoms with Crippen LogP contribution in [-0.4, -0.2) is 5.91 Å². The van der Waals surface area contributed by atoms with Crippen LogP contribution in [0.4, 0.5) is 17.1 Å². The maximum absolute atomic E-state index is 12.7. The Bertz CT molecular complexity index is 1010. The van der Waals surface area contributed by atoms with Gasteiger partial charge in [-0.3, -0.25) is 4.79 Å². The van der Waals surface area contributed by atoms with Crippen LogP contribution in [0.1, 0.15) is 11.1 Å². The number of benzene rings is 3. The Kier molecular flexibility index (Phi) is 4.11. The lowest BCUT2D eigenvalue weighted by molar-refractivity contribution is -0.110. The molecule has 4 N–H and O–H groups in total. The fourth-order valence-electron chi connectivity index (χ4n) is 2.99. The Morgan fingerprint density at radius 3 is 2.42 bits per heavy atom. The monoisotopic (exact) mass is 361 g/mol. The lowest BCUT2D eigenvalue weighted by atomic mass is 9.99. The van der Waals surface area contributed by atoms with Crippen molar-refractivity contribution in [3.63, 3.8) is 0 Å². The maximum atomic E-state index is 12.7. The Hall–Kier alpha value is -3.24. The molecular weight excluding hydrogens is 346 g/mol. The molecular formula is C21H16ClN3O. The van der Waals surface area contributed by atoms with Gasteiger partial charge in [-0.1, -0.05) is 41.9 Å². The van der Waals surface area contributed by atoms with Crippen molar-refractivity contribution in [2.45, 2.75) is 0 Å². The third kappa shape index (κ3) is 3.03. The van der Waals surface area contributed by atoms with Crippen molar-refractivity contribution in [3.8, 4) is 0 Å². The Labute approximate surface area is 156 Å². The van der Waals surface area contributed by atoms with E-state index in [0.29, 0.717) is 16.3 Å². The summed E-state index contributed by atoms with van der Waals surface area (Å²) in [6.07, 6.45) is 0. The van der Waals surface area contributed by atoms with Gasteiger partial charge in [0.15, 0.2) is 0 Å². The van der Waals surface area contributed by atoms with E-state index in [0.717, 1.165) is 28.2 Å². The summed E-state index contributed by atoms with van der Waals surface area (Å²) in [4.78, 5) is 12.7.